The van der Waals surface area contributed by atoms with Crippen LogP contribution >= 0.6 is 0 Å². The predicted octanol–water partition coefficient (Wildman–Crippen LogP) is 3.60. The van der Waals surface area contributed by atoms with E-state index in [4.69, 9.17) is 9.84 Å². The molecule has 7 heteroatoms. The van der Waals surface area contributed by atoms with Gasteiger partial charge in [0.15, 0.2) is 6.61 Å². The Balaban J connectivity index is 1.75. The molecule has 0 atom stereocenters. The molecule has 0 radical (unpaired) electrons. The lowest BCUT2D eigenvalue weighted by Gasteiger charge is -2.09. The third kappa shape index (κ3) is 4.88. The third-order valence-corrected chi connectivity index (χ3v) is 3.58. The van der Waals surface area contributed by atoms with E-state index in [9.17, 15) is 14.0 Å². The molecule has 0 spiro atoms. The van der Waals surface area contributed by atoms with Gasteiger partial charge in [0.25, 0.3) is 5.91 Å². The second kappa shape index (κ2) is 8.09. The zero-order valence-electron chi connectivity index (χ0n) is 14.1. The highest BCUT2D eigenvalue weighted by Gasteiger charge is 2.10. The average Bonchev–Trinajstić information content (AvgIpc) is 2.67. The molecule has 2 aromatic carbocycles. The first-order valence-electron chi connectivity index (χ1n) is 8.00. The smallest absolute Gasteiger partial charge is 0.341 e. The summed E-state index contributed by atoms with van der Waals surface area (Å²) in [6.07, 6.45) is 0. The molecule has 0 unspecified atom stereocenters. The fourth-order valence-electron chi connectivity index (χ4n) is 2.35. The summed E-state index contributed by atoms with van der Waals surface area (Å²) in [5, 5.41) is 11.3. The van der Waals surface area contributed by atoms with Crippen molar-refractivity contribution in [2.75, 3.05) is 11.9 Å². The Hall–Kier alpha value is -3.74. The molecule has 3 rings (SSSR count). The van der Waals surface area contributed by atoms with Crippen LogP contribution in [0.3, 0.4) is 0 Å². The Kier molecular flexibility index (Phi) is 5.41. The first-order valence-corrected chi connectivity index (χ1v) is 8.00. The molecule has 27 heavy (non-hydrogen) atoms. The SMILES string of the molecule is O=C(O)COc1cccc(NC(=O)c2cccc(-c3ccc(F)cc3)n2)c1. The van der Waals surface area contributed by atoms with Gasteiger partial charge in [-0.3, -0.25) is 4.79 Å². The Labute approximate surface area is 154 Å². The Morgan fingerprint density at radius 1 is 1.04 bits per heavy atom. The van der Waals surface area contributed by atoms with Crippen LogP contribution in [0, 0.1) is 5.82 Å². The number of carboxylic acid groups (broad SMARTS) is 1. The number of rotatable bonds is 6. The van der Waals surface area contributed by atoms with Gasteiger partial charge in [0.05, 0.1) is 5.69 Å². The lowest BCUT2D eigenvalue weighted by Crippen LogP contribution is -2.14. The van der Waals surface area contributed by atoms with Crippen LogP contribution in [0.1, 0.15) is 10.5 Å². The molecule has 0 fully saturated rings. The van der Waals surface area contributed by atoms with E-state index >= 15 is 0 Å². The third-order valence-electron chi connectivity index (χ3n) is 3.58. The van der Waals surface area contributed by atoms with E-state index in [1.54, 1.807) is 48.5 Å². The van der Waals surface area contributed by atoms with Gasteiger partial charge in [-0.05, 0) is 48.5 Å². The lowest BCUT2D eigenvalue weighted by molar-refractivity contribution is -0.139. The number of anilines is 1. The zero-order chi connectivity index (χ0) is 19.2. The molecule has 0 bridgehead atoms. The molecule has 0 aliphatic heterocycles. The fraction of sp³-hybridized carbons (Fsp3) is 0.0500. The second-order valence-corrected chi connectivity index (χ2v) is 5.58. The van der Waals surface area contributed by atoms with E-state index in [2.05, 4.69) is 10.3 Å². The van der Waals surface area contributed by atoms with Gasteiger partial charge < -0.3 is 15.2 Å². The molecule has 0 aliphatic rings. The maximum absolute atomic E-state index is 13.1. The van der Waals surface area contributed by atoms with Gasteiger partial charge in [-0.15, -0.1) is 0 Å². The topological polar surface area (TPSA) is 88.5 Å². The zero-order valence-corrected chi connectivity index (χ0v) is 14.1. The summed E-state index contributed by atoms with van der Waals surface area (Å²) in [5.41, 5.74) is 1.86. The summed E-state index contributed by atoms with van der Waals surface area (Å²) < 4.78 is 18.1. The number of halogens is 1. The van der Waals surface area contributed by atoms with Gasteiger partial charge in [-0.1, -0.05) is 12.1 Å². The molecular formula is C20H15FN2O4. The molecule has 1 aromatic heterocycles. The predicted molar refractivity (Wildman–Crippen MR) is 97.2 cm³/mol. The maximum atomic E-state index is 13.1. The van der Waals surface area contributed by atoms with Crippen LogP contribution in [0.4, 0.5) is 10.1 Å². The summed E-state index contributed by atoms with van der Waals surface area (Å²) in [5.74, 6) is -1.55. The summed E-state index contributed by atoms with van der Waals surface area (Å²) in [6.45, 7) is -0.474. The number of carboxylic acids is 1. The number of aliphatic carboxylic acids is 1. The Morgan fingerprint density at radius 2 is 1.78 bits per heavy atom. The number of pyridine rings is 1. The van der Waals surface area contributed by atoms with E-state index < -0.39 is 18.5 Å². The lowest BCUT2D eigenvalue weighted by atomic mass is 10.1. The molecule has 2 N–H and O–H groups in total. The first-order chi connectivity index (χ1) is 13.0. The standard InChI is InChI=1S/C20H15FN2O4/c21-14-9-7-13(8-10-14)17-5-2-6-18(23-17)20(26)22-15-3-1-4-16(11-15)27-12-19(24)25/h1-11H,12H2,(H,22,26)(H,24,25). The van der Waals surface area contributed by atoms with E-state index in [-0.39, 0.29) is 11.5 Å². The first kappa shape index (κ1) is 18.1. The van der Waals surface area contributed by atoms with E-state index in [0.717, 1.165) is 0 Å². The Bertz CT molecular complexity index is 974. The summed E-state index contributed by atoms with van der Waals surface area (Å²) in [7, 11) is 0. The normalized spacial score (nSPS) is 10.3. The highest BCUT2D eigenvalue weighted by Crippen LogP contribution is 2.20. The van der Waals surface area contributed by atoms with Crippen LogP contribution in [0.15, 0.2) is 66.7 Å². The van der Waals surface area contributed by atoms with Crippen LogP contribution < -0.4 is 10.1 Å². The van der Waals surface area contributed by atoms with Crippen molar-refractivity contribution in [2.45, 2.75) is 0 Å². The van der Waals surface area contributed by atoms with Gasteiger partial charge in [-0.2, -0.15) is 0 Å². The minimum Gasteiger partial charge on any atom is -0.482 e. The molecule has 0 saturated heterocycles. The molecule has 6 nitrogen and oxygen atoms in total. The number of hydrogen-bond donors (Lipinski definition) is 2. The molecule has 136 valence electrons. The minimum atomic E-state index is -1.09. The summed E-state index contributed by atoms with van der Waals surface area (Å²) in [4.78, 5) is 27.3. The number of carbonyl (C=O) groups is 2. The number of amides is 1. The number of nitrogens with zero attached hydrogens (tertiary/aromatic N) is 1. The number of nitrogens with one attached hydrogen (secondary N) is 1. The number of carbonyl (C=O) groups excluding carboxylic acids is 1. The molecule has 1 heterocycles. The van der Waals surface area contributed by atoms with Gasteiger partial charge in [0, 0.05) is 17.3 Å². The molecule has 0 aliphatic carbocycles. The average molecular weight is 366 g/mol. The minimum absolute atomic E-state index is 0.189. The van der Waals surface area contributed by atoms with Crippen molar-refractivity contribution in [2.24, 2.45) is 0 Å². The van der Waals surface area contributed by atoms with Gasteiger partial charge >= 0.3 is 5.97 Å². The number of aromatic nitrogens is 1. The van der Waals surface area contributed by atoms with E-state index in [1.807, 2.05) is 0 Å². The Morgan fingerprint density at radius 3 is 2.52 bits per heavy atom. The van der Waals surface area contributed by atoms with Crippen LogP contribution in [0.2, 0.25) is 0 Å². The monoisotopic (exact) mass is 366 g/mol. The van der Waals surface area contributed by atoms with Crippen molar-refractivity contribution in [1.82, 2.24) is 4.98 Å². The van der Waals surface area contributed by atoms with Crippen LogP contribution in [0.25, 0.3) is 11.3 Å². The highest BCUT2D eigenvalue weighted by molar-refractivity contribution is 6.03. The fourth-order valence-corrected chi connectivity index (χ4v) is 2.35. The second-order valence-electron chi connectivity index (χ2n) is 5.58. The van der Waals surface area contributed by atoms with E-state index in [0.29, 0.717) is 22.7 Å². The highest BCUT2D eigenvalue weighted by atomic mass is 19.1. The van der Waals surface area contributed by atoms with Crippen molar-refractivity contribution < 1.29 is 23.8 Å². The molecular weight excluding hydrogens is 351 g/mol. The van der Waals surface area contributed by atoms with Crippen molar-refractivity contribution in [3.8, 4) is 17.0 Å². The van der Waals surface area contributed by atoms with E-state index in [1.165, 1.54) is 18.2 Å². The molecule has 3 aromatic rings. The number of hydrogen-bond acceptors (Lipinski definition) is 4. The van der Waals surface area contributed by atoms with Gasteiger partial charge in [-0.25, -0.2) is 14.2 Å². The molecule has 1 amide bonds. The van der Waals surface area contributed by atoms with Crippen LogP contribution in [0.5, 0.6) is 5.75 Å². The van der Waals surface area contributed by atoms with Crippen molar-refractivity contribution in [1.29, 1.82) is 0 Å². The van der Waals surface area contributed by atoms with Gasteiger partial charge in [0.2, 0.25) is 0 Å². The quantitative estimate of drug-likeness (QED) is 0.696. The maximum Gasteiger partial charge on any atom is 0.341 e. The number of ether oxygens (including phenoxy) is 1. The number of benzene rings is 2. The van der Waals surface area contributed by atoms with Crippen LogP contribution in [-0.2, 0) is 4.79 Å². The largest absolute Gasteiger partial charge is 0.482 e. The summed E-state index contributed by atoms with van der Waals surface area (Å²) >= 11 is 0. The van der Waals surface area contributed by atoms with Crippen molar-refractivity contribution in [3.05, 3.63) is 78.2 Å². The van der Waals surface area contributed by atoms with Crippen LogP contribution in [-0.4, -0.2) is 28.6 Å². The van der Waals surface area contributed by atoms with Crippen molar-refractivity contribution in [3.63, 3.8) is 0 Å². The summed E-state index contributed by atoms with van der Waals surface area (Å²) in [6, 6.07) is 17.2. The van der Waals surface area contributed by atoms with Crippen molar-refractivity contribution >= 4 is 17.6 Å². The molecule has 0 saturated carbocycles. The van der Waals surface area contributed by atoms with Gasteiger partial charge in [0.1, 0.15) is 17.3 Å².